The summed E-state index contributed by atoms with van der Waals surface area (Å²) < 4.78 is 4.77. The summed E-state index contributed by atoms with van der Waals surface area (Å²) in [7, 11) is 1.39. The monoisotopic (exact) mass is 379 g/mol. The number of benzene rings is 2. The fourth-order valence-corrected chi connectivity index (χ4v) is 3.81. The maximum atomic E-state index is 11.7. The minimum atomic E-state index is -0.332. The Morgan fingerprint density at radius 2 is 2.11 bits per heavy atom. The molecule has 5 nitrogen and oxygen atoms in total. The number of H-pyrrole nitrogens is 1. The van der Waals surface area contributed by atoms with Crippen LogP contribution in [0.1, 0.15) is 27.2 Å². The van der Waals surface area contributed by atoms with Crippen LogP contribution in [-0.4, -0.2) is 34.6 Å². The van der Waals surface area contributed by atoms with Gasteiger partial charge in [0.15, 0.2) is 5.11 Å². The second-order valence-corrected chi connectivity index (χ2v) is 7.04. The molecule has 0 aliphatic carbocycles. The van der Waals surface area contributed by atoms with Gasteiger partial charge < -0.3 is 19.9 Å². The molecule has 27 heavy (non-hydrogen) atoms. The van der Waals surface area contributed by atoms with Gasteiger partial charge in [-0.1, -0.05) is 30.3 Å². The molecule has 2 aromatic carbocycles. The minimum Gasteiger partial charge on any atom is -0.465 e. The van der Waals surface area contributed by atoms with Crippen LogP contribution in [0.25, 0.3) is 10.9 Å². The third kappa shape index (κ3) is 3.53. The van der Waals surface area contributed by atoms with Crippen molar-refractivity contribution in [2.24, 2.45) is 0 Å². The molecule has 6 heteroatoms. The number of fused-ring (bicyclic) bond motifs is 3. The highest BCUT2D eigenvalue weighted by Crippen LogP contribution is 2.27. The Kier molecular flexibility index (Phi) is 4.81. The Morgan fingerprint density at radius 1 is 1.26 bits per heavy atom. The number of carbonyl (C=O) groups is 1. The fourth-order valence-electron chi connectivity index (χ4n) is 3.58. The van der Waals surface area contributed by atoms with Gasteiger partial charge in [-0.25, -0.2) is 4.79 Å². The Hall–Kier alpha value is -2.86. The van der Waals surface area contributed by atoms with Gasteiger partial charge in [0.05, 0.1) is 19.2 Å². The largest absolute Gasteiger partial charge is 0.465 e. The van der Waals surface area contributed by atoms with E-state index in [1.54, 1.807) is 6.07 Å². The third-order valence-electron chi connectivity index (χ3n) is 4.96. The summed E-state index contributed by atoms with van der Waals surface area (Å²) in [6.07, 6.45) is 0.971. The van der Waals surface area contributed by atoms with Crippen molar-refractivity contribution >= 4 is 34.2 Å². The molecular formula is C21H21N3O2S. The van der Waals surface area contributed by atoms with Gasteiger partial charge in [0.1, 0.15) is 0 Å². The molecule has 0 saturated carbocycles. The van der Waals surface area contributed by atoms with E-state index in [0.29, 0.717) is 12.1 Å². The Morgan fingerprint density at radius 3 is 2.96 bits per heavy atom. The highest BCUT2D eigenvalue weighted by atomic mass is 32.1. The number of methoxy groups -OCH3 is 1. The van der Waals surface area contributed by atoms with Gasteiger partial charge in [0, 0.05) is 29.7 Å². The van der Waals surface area contributed by atoms with E-state index in [0.717, 1.165) is 30.2 Å². The number of carbonyl (C=O) groups excluding carboxylic acids is 1. The molecule has 0 fully saturated rings. The zero-order valence-corrected chi connectivity index (χ0v) is 15.9. The number of rotatable bonds is 3. The van der Waals surface area contributed by atoms with E-state index in [9.17, 15) is 4.79 Å². The number of hydrogen-bond donors (Lipinski definition) is 2. The van der Waals surface area contributed by atoms with Crippen LogP contribution >= 0.6 is 12.2 Å². The van der Waals surface area contributed by atoms with E-state index >= 15 is 0 Å². The lowest BCUT2D eigenvalue weighted by molar-refractivity contribution is 0.0600. The van der Waals surface area contributed by atoms with Crippen LogP contribution in [0.4, 0.5) is 0 Å². The van der Waals surface area contributed by atoms with Crippen molar-refractivity contribution in [2.75, 3.05) is 13.7 Å². The SMILES string of the molecule is COC(=O)c1cccc(CNC(=S)N2CCc3c([nH]c4ccccc34)C2)c1. The first-order valence-corrected chi connectivity index (χ1v) is 9.35. The van der Waals surface area contributed by atoms with Crippen LogP contribution in [-0.2, 0) is 24.2 Å². The third-order valence-corrected chi connectivity index (χ3v) is 5.36. The van der Waals surface area contributed by atoms with E-state index in [-0.39, 0.29) is 5.97 Å². The fraction of sp³-hybridized carbons (Fsp3) is 0.238. The molecular weight excluding hydrogens is 358 g/mol. The molecule has 138 valence electrons. The number of thiocarbonyl (C=S) groups is 1. The average Bonchev–Trinajstić information content (AvgIpc) is 3.09. The lowest BCUT2D eigenvalue weighted by atomic mass is 10.0. The van der Waals surface area contributed by atoms with Gasteiger partial charge >= 0.3 is 5.97 Å². The number of ether oxygens (including phenoxy) is 1. The normalized spacial score (nSPS) is 13.3. The summed E-state index contributed by atoms with van der Waals surface area (Å²) >= 11 is 5.60. The number of aromatic nitrogens is 1. The van der Waals surface area contributed by atoms with Gasteiger partial charge in [-0.2, -0.15) is 0 Å². The molecule has 4 rings (SSSR count). The number of aromatic amines is 1. The molecule has 0 unspecified atom stereocenters. The number of hydrogen-bond acceptors (Lipinski definition) is 3. The second kappa shape index (κ2) is 7.40. The standard InChI is InChI=1S/C21H21N3O2S/c1-26-20(25)15-6-4-5-14(11-15)12-22-21(27)24-10-9-17-16-7-2-3-8-18(16)23-19(17)13-24/h2-8,11,23H,9-10,12-13H2,1H3,(H,22,27). The van der Waals surface area contributed by atoms with Gasteiger partial charge in [0.2, 0.25) is 0 Å². The highest BCUT2D eigenvalue weighted by molar-refractivity contribution is 7.80. The van der Waals surface area contributed by atoms with Gasteiger partial charge in [0.25, 0.3) is 0 Å². The molecule has 2 N–H and O–H groups in total. The van der Waals surface area contributed by atoms with E-state index < -0.39 is 0 Å². The molecule has 1 aromatic heterocycles. The van der Waals surface area contributed by atoms with Crippen LogP contribution in [0.5, 0.6) is 0 Å². The van der Waals surface area contributed by atoms with Crippen molar-refractivity contribution in [1.29, 1.82) is 0 Å². The van der Waals surface area contributed by atoms with Crippen molar-refractivity contribution in [3.8, 4) is 0 Å². The summed E-state index contributed by atoms with van der Waals surface area (Å²) in [5.74, 6) is -0.332. The number of nitrogens with one attached hydrogen (secondary N) is 2. The lowest BCUT2D eigenvalue weighted by Gasteiger charge is -2.29. The van der Waals surface area contributed by atoms with Gasteiger partial charge in [-0.3, -0.25) is 0 Å². The van der Waals surface area contributed by atoms with Crippen LogP contribution in [0.2, 0.25) is 0 Å². The second-order valence-electron chi connectivity index (χ2n) is 6.65. The average molecular weight is 379 g/mol. The van der Waals surface area contributed by atoms with E-state index in [1.165, 1.54) is 29.3 Å². The van der Waals surface area contributed by atoms with Crippen molar-refractivity contribution in [3.63, 3.8) is 0 Å². The molecule has 0 saturated heterocycles. The molecule has 0 bridgehead atoms. The molecule has 0 radical (unpaired) electrons. The van der Waals surface area contributed by atoms with Crippen molar-refractivity contribution in [1.82, 2.24) is 15.2 Å². The zero-order valence-electron chi connectivity index (χ0n) is 15.1. The molecule has 2 heterocycles. The Balaban J connectivity index is 1.42. The summed E-state index contributed by atoms with van der Waals surface area (Å²) in [6, 6.07) is 15.8. The van der Waals surface area contributed by atoms with E-state index in [2.05, 4.69) is 39.5 Å². The topological polar surface area (TPSA) is 57.4 Å². The lowest BCUT2D eigenvalue weighted by Crippen LogP contribution is -2.42. The predicted octanol–water partition coefficient (Wildman–Crippen LogP) is 3.39. The predicted molar refractivity (Wildman–Crippen MR) is 110 cm³/mol. The molecule has 1 aliphatic rings. The first kappa shape index (κ1) is 17.5. The van der Waals surface area contributed by atoms with Crippen LogP contribution < -0.4 is 5.32 Å². The zero-order chi connectivity index (χ0) is 18.8. The first-order valence-electron chi connectivity index (χ1n) is 8.94. The summed E-state index contributed by atoms with van der Waals surface area (Å²) in [5.41, 5.74) is 5.35. The minimum absolute atomic E-state index is 0.332. The summed E-state index contributed by atoms with van der Waals surface area (Å²) in [6.45, 7) is 2.24. The van der Waals surface area contributed by atoms with E-state index in [1.807, 2.05) is 18.2 Å². The molecule has 0 spiro atoms. The van der Waals surface area contributed by atoms with Crippen LogP contribution in [0.3, 0.4) is 0 Å². The number of nitrogens with zero attached hydrogens (tertiary/aromatic N) is 1. The van der Waals surface area contributed by atoms with Crippen molar-refractivity contribution in [3.05, 3.63) is 70.9 Å². The molecule has 0 amide bonds. The maximum absolute atomic E-state index is 11.7. The molecule has 1 aliphatic heterocycles. The van der Waals surface area contributed by atoms with Gasteiger partial charge in [-0.15, -0.1) is 0 Å². The van der Waals surface area contributed by atoms with Crippen molar-refractivity contribution < 1.29 is 9.53 Å². The Bertz CT molecular complexity index is 1010. The van der Waals surface area contributed by atoms with Crippen LogP contribution in [0, 0.1) is 0 Å². The van der Waals surface area contributed by atoms with E-state index in [4.69, 9.17) is 17.0 Å². The highest BCUT2D eigenvalue weighted by Gasteiger charge is 2.21. The van der Waals surface area contributed by atoms with Gasteiger partial charge in [-0.05, 0) is 48.0 Å². The summed E-state index contributed by atoms with van der Waals surface area (Å²) in [4.78, 5) is 17.4. The maximum Gasteiger partial charge on any atom is 0.337 e. The summed E-state index contributed by atoms with van der Waals surface area (Å²) in [5, 5.41) is 5.34. The van der Waals surface area contributed by atoms with Crippen LogP contribution in [0.15, 0.2) is 48.5 Å². The first-order chi connectivity index (χ1) is 13.2. The smallest absolute Gasteiger partial charge is 0.337 e. The van der Waals surface area contributed by atoms with Crippen molar-refractivity contribution in [2.45, 2.75) is 19.5 Å². The molecule has 0 atom stereocenters. The Labute approximate surface area is 163 Å². The molecule has 3 aromatic rings. The number of esters is 1. The number of para-hydroxylation sites is 1. The quantitative estimate of drug-likeness (QED) is 0.540.